The van der Waals surface area contributed by atoms with Crippen molar-refractivity contribution >= 4 is 40.2 Å². The van der Waals surface area contributed by atoms with Crippen molar-refractivity contribution in [3.05, 3.63) is 208 Å². The van der Waals surface area contributed by atoms with Crippen molar-refractivity contribution in [3.63, 3.8) is 0 Å². The predicted octanol–water partition coefficient (Wildman–Crippen LogP) is 13.0. The first-order chi connectivity index (χ1) is 27.5. The van der Waals surface area contributed by atoms with Crippen LogP contribution in [0.25, 0.3) is 45.4 Å². The molecule has 3 nitrogen and oxygen atoms in total. The van der Waals surface area contributed by atoms with Crippen LogP contribution in [0.1, 0.15) is 54.0 Å². The van der Waals surface area contributed by atoms with Gasteiger partial charge in [0.15, 0.2) is 0 Å². The molecule has 56 heavy (non-hydrogen) atoms. The summed E-state index contributed by atoms with van der Waals surface area (Å²) < 4.78 is 6.44. The second-order valence-corrected chi connectivity index (χ2v) is 14.3. The molecule has 0 amide bonds. The quantitative estimate of drug-likeness (QED) is 0.191. The highest BCUT2D eigenvalue weighted by Crippen LogP contribution is 2.46. The summed E-state index contributed by atoms with van der Waals surface area (Å²) in [6.07, 6.45) is 16.5. The first kappa shape index (κ1) is 36.4. The highest BCUT2D eigenvalue weighted by Gasteiger charge is 2.25. The van der Waals surface area contributed by atoms with E-state index in [0.29, 0.717) is 5.92 Å². The third kappa shape index (κ3) is 6.93. The van der Waals surface area contributed by atoms with Gasteiger partial charge in [0.2, 0.25) is 0 Å². The number of para-hydroxylation sites is 1. The van der Waals surface area contributed by atoms with Crippen LogP contribution in [0.2, 0.25) is 0 Å². The average molecular weight is 729 g/mol. The molecule has 0 saturated carbocycles. The number of anilines is 3. The maximum Gasteiger partial charge on any atom is 0.135 e. The molecule has 0 spiro atoms. The summed E-state index contributed by atoms with van der Waals surface area (Å²) in [5.74, 6) is 0.329. The van der Waals surface area contributed by atoms with Crippen LogP contribution < -0.4 is 20.9 Å². The van der Waals surface area contributed by atoms with Crippen molar-refractivity contribution in [1.82, 2.24) is 0 Å². The Morgan fingerprint density at radius 2 is 1.43 bits per heavy atom. The van der Waals surface area contributed by atoms with Gasteiger partial charge in [-0.15, -0.1) is 0 Å². The topological polar surface area (TPSA) is 28.4 Å². The maximum atomic E-state index is 6.44. The molecule has 1 atom stereocenters. The molecule has 1 aromatic heterocycles. The Balaban J connectivity index is 0.00000217. The molecular weight excluding hydrogens is 681 g/mol. The molecule has 1 aliphatic carbocycles. The normalized spacial score (nSPS) is 16.1. The number of aryl methyl sites for hydroxylation is 1. The van der Waals surface area contributed by atoms with Gasteiger partial charge in [0, 0.05) is 45.4 Å². The van der Waals surface area contributed by atoms with Crippen molar-refractivity contribution in [1.29, 1.82) is 0 Å². The Hall–Kier alpha value is -6.58. The van der Waals surface area contributed by atoms with E-state index in [0.717, 1.165) is 56.3 Å². The fraction of sp³-hybridized carbons (Fsp3) is 0.132. The Morgan fingerprint density at radius 3 is 2.18 bits per heavy atom. The highest BCUT2D eigenvalue weighted by atomic mass is 16.3. The summed E-state index contributed by atoms with van der Waals surface area (Å²) in [5, 5.41) is 5.89. The number of nitrogens with one attached hydrogen (secondary N) is 1. The largest absolute Gasteiger partial charge is 0.456 e. The molecule has 276 valence electrons. The number of hydrogen-bond acceptors (Lipinski definition) is 3. The van der Waals surface area contributed by atoms with Crippen molar-refractivity contribution in [2.45, 2.75) is 47.0 Å². The lowest BCUT2D eigenvalue weighted by Crippen LogP contribution is -2.20. The van der Waals surface area contributed by atoms with Crippen LogP contribution in [-0.4, -0.2) is 0 Å². The zero-order valence-electron chi connectivity index (χ0n) is 32.9. The summed E-state index contributed by atoms with van der Waals surface area (Å²) in [5.41, 5.74) is 17.2. The number of furan rings is 1. The van der Waals surface area contributed by atoms with Crippen molar-refractivity contribution in [2.75, 3.05) is 10.2 Å². The van der Waals surface area contributed by atoms with E-state index in [2.05, 4.69) is 183 Å². The fourth-order valence-electron chi connectivity index (χ4n) is 7.98. The van der Waals surface area contributed by atoms with Crippen molar-refractivity contribution < 1.29 is 4.42 Å². The standard InChI is InChI=1S/C51H42N2O.C2H6/c1-34-32-46-44(36(3)35(34)2)33-45-43-18-10-11-21-49(43)54-50(45)22-13-31-52-47-19-12-20-48(51(46)47)53(41-27-23-39(24-28-41)37-14-6-4-7-15-37)42-29-25-40(26-30-42)38-16-8-5-9-17-38;1-2/h4-25,27-33,40,52H,26H2,1-3H3;1-2H3/b31-13+,45-33-,50-22+;. The summed E-state index contributed by atoms with van der Waals surface area (Å²) in [7, 11) is 0. The van der Waals surface area contributed by atoms with Crippen LogP contribution in [0.4, 0.5) is 17.1 Å². The fourth-order valence-corrected chi connectivity index (χ4v) is 7.98. The van der Waals surface area contributed by atoms with Gasteiger partial charge in [-0.05, 0) is 126 Å². The Morgan fingerprint density at radius 1 is 0.714 bits per heavy atom. The van der Waals surface area contributed by atoms with Crippen LogP contribution in [0.15, 0.2) is 174 Å². The molecule has 2 heterocycles. The van der Waals surface area contributed by atoms with E-state index in [1.807, 2.05) is 38.3 Å². The van der Waals surface area contributed by atoms with Crippen molar-refractivity contribution in [3.8, 4) is 22.3 Å². The van der Waals surface area contributed by atoms with Gasteiger partial charge in [0.1, 0.15) is 11.0 Å². The molecule has 3 heteroatoms. The first-order valence-corrected chi connectivity index (χ1v) is 19.8. The SMILES string of the molecule is CC.Cc1cc2c(c(C)c1C)\C=c1/c(oc3ccccc13)=C\C=C\Nc1cccc(N(C3=CCC(c4ccccc4)C=C3)c3ccc(-c4ccccc4)cc3)c1-2. The van der Waals surface area contributed by atoms with Gasteiger partial charge in [-0.2, -0.15) is 0 Å². The minimum Gasteiger partial charge on any atom is -0.456 e. The van der Waals surface area contributed by atoms with Crippen LogP contribution >= 0.6 is 0 Å². The molecule has 0 radical (unpaired) electrons. The van der Waals surface area contributed by atoms with Gasteiger partial charge in [-0.3, -0.25) is 0 Å². The number of benzene rings is 6. The minimum atomic E-state index is 0.329. The summed E-state index contributed by atoms with van der Waals surface area (Å²) in [6.45, 7) is 10.7. The van der Waals surface area contributed by atoms with Crippen molar-refractivity contribution in [2.24, 2.45) is 0 Å². The number of allylic oxidation sites excluding steroid dienone is 4. The number of nitrogens with zero attached hydrogens (tertiary/aromatic N) is 1. The van der Waals surface area contributed by atoms with E-state index in [9.17, 15) is 0 Å². The molecule has 1 N–H and O–H groups in total. The molecule has 7 aromatic rings. The Kier molecular flexibility index (Phi) is 10.4. The van der Waals surface area contributed by atoms with E-state index in [-0.39, 0.29) is 0 Å². The third-order valence-corrected chi connectivity index (χ3v) is 11.1. The van der Waals surface area contributed by atoms with E-state index in [1.54, 1.807) is 0 Å². The van der Waals surface area contributed by atoms with Crippen LogP contribution in [0, 0.1) is 20.8 Å². The van der Waals surface area contributed by atoms with Crippen LogP contribution in [-0.2, 0) is 0 Å². The van der Waals surface area contributed by atoms with E-state index >= 15 is 0 Å². The first-order valence-electron chi connectivity index (χ1n) is 19.8. The lowest BCUT2D eigenvalue weighted by atomic mass is 9.87. The Labute approximate surface area is 331 Å². The maximum absolute atomic E-state index is 6.44. The lowest BCUT2D eigenvalue weighted by Gasteiger charge is -2.32. The molecule has 0 bridgehead atoms. The van der Waals surface area contributed by atoms with Crippen LogP contribution in [0.5, 0.6) is 0 Å². The zero-order valence-corrected chi connectivity index (χ0v) is 32.9. The Bertz CT molecular complexity index is 2730. The number of rotatable bonds is 5. The summed E-state index contributed by atoms with van der Waals surface area (Å²) >= 11 is 0. The van der Waals surface area contributed by atoms with Crippen LogP contribution in [0.3, 0.4) is 0 Å². The molecule has 9 rings (SSSR count). The second kappa shape index (κ2) is 16.0. The number of hydrogen-bond donors (Lipinski definition) is 1. The summed E-state index contributed by atoms with van der Waals surface area (Å²) in [6, 6.07) is 47.7. The van der Waals surface area contributed by atoms with Gasteiger partial charge in [-0.25, -0.2) is 0 Å². The molecule has 0 fully saturated rings. The highest BCUT2D eigenvalue weighted by molar-refractivity contribution is 5.97. The molecule has 1 unspecified atom stereocenters. The van der Waals surface area contributed by atoms with Gasteiger partial charge < -0.3 is 14.6 Å². The van der Waals surface area contributed by atoms with E-state index in [1.165, 1.54) is 44.5 Å². The lowest BCUT2D eigenvalue weighted by molar-refractivity contribution is 0.576. The molecular formula is C53H48N2O. The molecule has 2 aliphatic rings. The monoisotopic (exact) mass is 728 g/mol. The minimum absolute atomic E-state index is 0.329. The average Bonchev–Trinajstić information content (AvgIpc) is 3.60. The van der Waals surface area contributed by atoms with Gasteiger partial charge >= 0.3 is 0 Å². The van der Waals surface area contributed by atoms with Gasteiger partial charge in [0.25, 0.3) is 0 Å². The predicted molar refractivity (Wildman–Crippen MR) is 239 cm³/mol. The van der Waals surface area contributed by atoms with Gasteiger partial charge in [-0.1, -0.05) is 129 Å². The zero-order chi connectivity index (χ0) is 38.6. The third-order valence-electron chi connectivity index (χ3n) is 11.1. The molecule has 0 saturated heterocycles. The van der Waals surface area contributed by atoms with Gasteiger partial charge in [0.05, 0.1) is 5.69 Å². The van der Waals surface area contributed by atoms with E-state index < -0.39 is 0 Å². The second-order valence-electron chi connectivity index (χ2n) is 14.3. The van der Waals surface area contributed by atoms with E-state index in [4.69, 9.17) is 4.42 Å². The molecule has 1 aliphatic heterocycles. The summed E-state index contributed by atoms with van der Waals surface area (Å²) in [4.78, 5) is 2.44. The smallest absolute Gasteiger partial charge is 0.135 e. The molecule has 6 aromatic carbocycles. The number of fused-ring (bicyclic) bond motifs is 6.